The first-order valence-electron chi connectivity index (χ1n) is 8.93. The Morgan fingerprint density at radius 3 is 2.96 bits per heavy atom. The van der Waals surface area contributed by atoms with Crippen LogP contribution in [0.5, 0.6) is 0 Å². The summed E-state index contributed by atoms with van der Waals surface area (Å²) in [7, 11) is 1.98. The van der Waals surface area contributed by atoms with Crippen molar-refractivity contribution in [2.75, 3.05) is 5.32 Å². The molecule has 1 amide bonds. The molecule has 0 spiro atoms. The minimum Gasteiger partial charge on any atom is -0.378 e. The minimum atomic E-state index is -0.250. The fraction of sp³-hybridized carbons (Fsp3) is 0.316. The Kier molecular flexibility index (Phi) is 3.65. The maximum absolute atomic E-state index is 12.0. The molecule has 4 atom stereocenters. The second kappa shape index (κ2) is 5.95. The molecule has 0 saturated heterocycles. The summed E-state index contributed by atoms with van der Waals surface area (Å²) in [5.74, 6) is 0.829. The number of fused-ring (bicyclic) bond motifs is 3. The fourth-order valence-corrected chi connectivity index (χ4v) is 4.89. The van der Waals surface area contributed by atoms with Crippen molar-refractivity contribution in [3.8, 4) is 11.5 Å². The molecule has 0 unspecified atom stereocenters. The lowest BCUT2D eigenvalue weighted by Crippen LogP contribution is -2.41. The van der Waals surface area contributed by atoms with E-state index in [1.165, 1.54) is 0 Å². The van der Waals surface area contributed by atoms with Crippen LogP contribution in [0.25, 0.3) is 22.7 Å². The summed E-state index contributed by atoms with van der Waals surface area (Å²) >= 11 is 3.60. The number of nitrogens with two attached hydrogens (primary N) is 1. The van der Waals surface area contributed by atoms with Crippen LogP contribution in [0, 0.1) is 17.8 Å². The van der Waals surface area contributed by atoms with Gasteiger partial charge >= 0.3 is 0 Å². The third-order valence-electron chi connectivity index (χ3n) is 5.76. The number of primary amides is 1. The number of carbonyl (C=O) groups is 1. The molecule has 0 aromatic carbocycles. The first kappa shape index (κ1) is 16.6. The number of amides is 1. The van der Waals surface area contributed by atoms with Crippen LogP contribution in [0.2, 0.25) is 0 Å². The number of aromatic amines is 1. The van der Waals surface area contributed by atoms with Crippen molar-refractivity contribution in [3.05, 3.63) is 41.2 Å². The van der Waals surface area contributed by atoms with Crippen LogP contribution in [0.15, 0.2) is 41.2 Å². The highest BCUT2D eigenvalue weighted by Gasteiger charge is 2.47. The van der Waals surface area contributed by atoms with E-state index < -0.39 is 0 Å². The monoisotopic (exact) mass is 426 g/mol. The van der Waals surface area contributed by atoms with Gasteiger partial charge in [-0.25, -0.2) is 9.97 Å². The lowest BCUT2D eigenvalue weighted by Gasteiger charge is -2.28. The van der Waals surface area contributed by atoms with Gasteiger partial charge in [0.25, 0.3) is 0 Å². The summed E-state index contributed by atoms with van der Waals surface area (Å²) < 4.78 is 2.83. The molecule has 0 radical (unpaired) electrons. The van der Waals surface area contributed by atoms with E-state index in [-0.39, 0.29) is 23.8 Å². The Balaban J connectivity index is 1.58. The highest BCUT2D eigenvalue weighted by Crippen LogP contribution is 2.46. The Morgan fingerprint density at radius 1 is 1.41 bits per heavy atom. The molecule has 2 aliphatic carbocycles. The van der Waals surface area contributed by atoms with E-state index in [4.69, 9.17) is 5.73 Å². The average Bonchev–Trinajstić information content (AvgIpc) is 3.39. The van der Waals surface area contributed by atoms with Crippen LogP contribution in [0.4, 0.5) is 5.69 Å². The SMILES string of the molecule is Cn1cccc1-c1nc2ncc(Br)c(N[C@H]3[C@@H](C(N)=O)[C@@H]4C=C[C@@H]3C4)c2[nH]1. The molecule has 5 rings (SSSR count). The maximum Gasteiger partial charge on any atom is 0.223 e. The molecule has 2 bridgehead atoms. The van der Waals surface area contributed by atoms with Gasteiger partial charge in [-0.2, -0.15) is 0 Å². The number of imidazole rings is 1. The first-order valence-corrected chi connectivity index (χ1v) is 9.72. The Bertz CT molecular complexity index is 1080. The summed E-state index contributed by atoms with van der Waals surface area (Å²) in [6.07, 6.45) is 9.00. The normalized spacial score (nSPS) is 26.1. The molecule has 1 fully saturated rings. The first-order chi connectivity index (χ1) is 13.0. The molecule has 7 nitrogen and oxygen atoms in total. The van der Waals surface area contributed by atoms with Gasteiger partial charge in [0, 0.05) is 25.5 Å². The third kappa shape index (κ3) is 2.50. The van der Waals surface area contributed by atoms with Crippen molar-refractivity contribution in [3.63, 3.8) is 0 Å². The van der Waals surface area contributed by atoms with Gasteiger partial charge in [-0.3, -0.25) is 4.79 Å². The molecule has 1 saturated carbocycles. The van der Waals surface area contributed by atoms with Gasteiger partial charge in [-0.05, 0) is 46.3 Å². The van der Waals surface area contributed by atoms with Crippen molar-refractivity contribution < 1.29 is 4.79 Å². The van der Waals surface area contributed by atoms with Crippen LogP contribution in [0.1, 0.15) is 6.42 Å². The number of aryl methyl sites for hydroxylation is 1. The Hall–Kier alpha value is -2.61. The summed E-state index contributed by atoms with van der Waals surface area (Å²) in [4.78, 5) is 24.5. The maximum atomic E-state index is 12.0. The fourth-order valence-electron chi connectivity index (χ4n) is 4.48. The van der Waals surface area contributed by atoms with Crippen molar-refractivity contribution >= 4 is 38.7 Å². The summed E-state index contributed by atoms with van der Waals surface area (Å²) in [6.45, 7) is 0. The zero-order valence-electron chi connectivity index (χ0n) is 14.7. The Labute approximate surface area is 164 Å². The second-order valence-corrected chi connectivity index (χ2v) is 8.17. The average molecular weight is 427 g/mol. The molecular weight excluding hydrogens is 408 g/mol. The number of hydrogen-bond donors (Lipinski definition) is 3. The molecule has 3 aromatic rings. The number of H-pyrrole nitrogens is 1. The van der Waals surface area contributed by atoms with Gasteiger partial charge < -0.3 is 20.6 Å². The topological polar surface area (TPSA) is 102 Å². The molecule has 27 heavy (non-hydrogen) atoms. The number of halogens is 1. The predicted octanol–water partition coefficient (Wildman–Crippen LogP) is 2.81. The van der Waals surface area contributed by atoms with E-state index >= 15 is 0 Å². The molecule has 2 aliphatic rings. The van der Waals surface area contributed by atoms with Gasteiger partial charge in [-0.15, -0.1) is 0 Å². The second-order valence-electron chi connectivity index (χ2n) is 7.32. The van der Waals surface area contributed by atoms with Crippen molar-refractivity contribution in [1.29, 1.82) is 0 Å². The lowest BCUT2D eigenvalue weighted by molar-refractivity contribution is -0.122. The quantitative estimate of drug-likeness (QED) is 0.558. The number of hydrogen-bond acceptors (Lipinski definition) is 4. The number of nitrogens with zero attached hydrogens (tertiary/aromatic N) is 3. The molecule has 4 N–H and O–H groups in total. The zero-order chi connectivity index (χ0) is 18.7. The highest BCUT2D eigenvalue weighted by atomic mass is 79.9. The van der Waals surface area contributed by atoms with Crippen molar-refractivity contribution in [2.24, 2.45) is 30.5 Å². The number of nitrogens with one attached hydrogen (secondary N) is 2. The summed E-state index contributed by atoms with van der Waals surface area (Å²) in [5.41, 5.74) is 9.00. The zero-order valence-corrected chi connectivity index (χ0v) is 16.3. The van der Waals surface area contributed by atoms with E-state index in [9.17, 15) is 4.79 Å². The number of aromatic nitrogens is 4. The van der Waals surface area contributed by atoms with Gasteiger partial charge in [0.2, 0.25) is 5.91 Å². The van der Waals surface area contributed by atoms with Crippen LogP contribution in [-0.2, 0) is 11.8 Å². The van der Waals surface area contributed by atoms with E-state index in [1.807, 2.05) is 29.9 Å². The van der Waals surface area contributed by atoms with E-state index in [0.717, 1.165) is 33.6 Å². The van der Waals surface area contributed by atoms with Gasteiger partial charge in [-0.1, -0.05) is 12.2 Å². The smallest absolute Gasteiger partial charge is 0.223 e. The predicted molar refractivity (Wildman–Crippen MR) is 107 cm³/mol. The molecule has 3 heterocycles. The van der Waals surface area contributed by atoms with Crippen LogP contribution in [-0.4, -0.2) is 31.5 Å². The van der Waals surface area contributed by atoms with E-state index in [1.54, 1.807) is 6.20 Å². The number of anilines is 1. The largest absolute Gasteiger partial charge is 0.378 e. The van der Waals surface area contributed by atoms with Gasteiger partial charge in [0.1, 0.15) is 5.52 Å². The van der Waals surface area contributed by atoms with Crippen LogP contribution >= 0.6 is 15.9 Å². The van der Waals surface area contributed by atoms with Gasteiger partial charge in [0.05, 0.1) is 21.8 Å². The van der Waals surface area contributed by atoms with Crippen LogP contribution < -0.4 is 11.1 Å². The molecular formula is C19H19BrN6O. The molecule has 0 aliphatic heterocycles. The molecule has 138 valence electrons. The van der Waals surface area contributed by atoms with Crippen LogP contribution in [0.3, 0.4) is 0 Å². The van der Waals surface area contributed by atoms with Crippen molar-refractivity contribution in [1.82, 2.24) is 19.5 Å². The number of carbonyl (C=O) groups excluding carboxylic acids is 1. The third-order valence-corrected chi connectivity index (χ3v) is 6.36. The number of rotatable bonds is 4. The Morgan fingerprint density at radius 2 is 2.22 bits per heavy atom. The molecule has 8 heteroatoms. The summed E-state index contributed by atoms with van der Waals surface area (Å²) in [5, 5.41) is 3.57. The van der Waals surface area contributed by atoms with E-state index in [2.05, 4.69) is 48.4 Å². The molecule has 3 aromatic heterocycles. The van der Waals surface area contributed by atoms with Crippen molar-refractivity contribution in [2.45, 2.75) is 12.5 Å². The number of allylic oxidation sites excluding steroid dienone is 1. The number of pyridine rings is 1. The summed E-state index contributed by atoms with van der Waals surface area (Å²) in [6, 6.07) is 3.95. The minimum absolute atomic E-state index is 0.0267. The lowest BCUT2D eigenvalue weighted by atomic mass is 9.88. The van der Waals surface area contributed by atoms with E-state index in [0.29, 0.717) is 11.6 Å². The highest BCUT2D eigenvalue weighted by molar-refractivity contribution is 9.10. The van der Waals surface area contributed by atoms with Gasteiger partial charge in [0.15, 0.2) is 11.5 Å². The standard InChI is InChI=1S/C19H19BrN6O/c1-26-6-2-3-12(26)18-24-16-15(11(20)8-22-19(16)25-18)23-14-10-5-4-9(7-10)13(14)17(21)27/h2-6,8-10,13-14H,7H2,1H3,(H2,21,27)(H2,22,23,24,25)/t9-,10-,13+,14-/m1/s1.